The van der Waals surface area contributed by atoms with Gasteiger partial charge in [-0.25, -0.2) is 9.78 Å². The number of carbonyl (C=O) groups is 2. The van der Waals surface area contributed by atoms with Crippen molar-refractivity contribution in [3.63, 3.8) is 0 Å². The molecule has 146 valence electrons. The van der Waals surface area contributed by atoms with E-state index >= 15 is 0 Å². The minimum Gasteiger partial charge on any atom is -0.507 e. The summed E-state index contributed by atoms with van der Waals surface area (Å²) in [4.78, 5) is 31.4. The van der Waals surface area contributed by atoms with Gasteiger partial charge in [0.05, 0.1) is 11.0 Å². The fourth-order valence-electron chi connectivity index (χ4n) is 2.59. The third-order valence-corrected chi connectivity index (χ3v) is 4.11. The maximum Gasteiger partial charge on any atom is 0.328 e. The Morgan fingerprint density at radius 1 is 1.21 bits per heavy atom. The molecular weight excluding hydrogens is 372 g/mol. The number of nitrogens with zero attached hydrogens (tertiary/aromatic N) is 2. The number of carbonyl (C=O) groups excluding carboxylic acids is 2. The zero-order valence-corrected chi connectivity index (χ0v) is 15.5. The average Bonchev–Trinajstić information content (AvgIpc) is 3.16. The van der Waals surface area contributed by atoms with Gasteiger partial charge >= 0.3 is 5.97 Å². The van der Waals surface area contributed by atoms with Gasteiger partial charge in [0, 0.05) is 5.56 Å². The summed E-state index contributed by atoms with van der Waals surface area (Å²) in [6.45, 7) is 0.943. The molecule has 3 aromatic rings. The van der Waals surface area contributed by atoms with Crippen LogP contribution in [0.3, 0.4) is 0 Å². The van der Waals surface area contributed by atoms with Crippen molar-refractivity contribution in [2.75, 3.05) is 6.61 Å². The first kappa shape index (κ1) is 19.6. The van der Waals surface area contributed by atoms with Gasteiger partial charge in [-0.2, -0.15) is 5.26 Å². The van der Waals surface area contributed by atoms with Gasteiger partial charge in [-0.15, -0.1) is 0 Å². The molecule has 0 bridgehead atoms. The molecule has 2 aromatic carbocycles. The van der Waals surface area contributed by atoms with Gasteiger partial charge in [0.1, 0.15) is 24.3 Å². The van der Waals surface area contributed by atoms with E-state index in [9.17, 15) is 20.0 Å². The predicted octanol–water partition coefficient (Wildman–Crippen LogP) is 2.72. The van der Waals surface area contributed by atoms with Crippen LogP contribution in [0.25, 0.3) is 16.6 Å². The number of ether oxygens (including phenoxy) is 1. The quantitative estimate of drug-likeness (QED) is 0.337. The van der Waals surface area contributed by atoms with Crippen molar-refractivity contribution in [3.8, 4) is 6.07 Å². The minimum atomic E-state index is -0.938. The molecule has 0 aliphatic carbocycles. The molecule has 0 unspecified atom stereocenters. The molecule has 0 aliphatic heterocycles. The fourth-order valence-corrected chi connectivity index (χ4v) is 2.59. The third kappa shape index (κ3) is 4.59. The number of H-pyrrole nitrogens is 1. The Morgan fingerprint density at radius 2 is 1.90 bits per heavy atom. The van der Waals surface area contributed by atoms with Crippen molar-refractivity contribution < 1.29 is 19.4 Å². The van der Waals surface area contributed by atoms with Crippen LogP contribution in [0, 0.1) is 11.3 Å². The number of aliphatic hydroxyl groups is 1. The van der Waals surface area contributed by atoms with Crippen LogP contribution in [0.1, 0.15) is 23.1 Å². The zero-order chi connectivity index (χ0) is 20.8. The normalized spacial score (nSPS) is 12.6. The number of benzene rings is 2. The number of aromatic nitrogens is 2. The van der Waals surface area contributed by atoms with E-state index in [4.69, 9.17) is 4.74 Å². The van der Waals surface area contributed by atoms with E-state index in [-0.39, 0.29) is 11.4 Å². The first-order valence-electron chi connectivity index (χ1n) is 8.79. The summed E-state index contributed by atoms with van der Waals surface area (Å²) in [6.07, 6.45) is 0. The summed E-state index contributed by atoms with van der Waals surface area (Å²) in [5.41, 5.74) is 1.62. The highest BCUT2D eigenvalue weighted by atomic mass is 16.5. The number of imidazole rings is 1. The second kappa shape index (κ2) is 8.71. The molecule has 0 saturated carbocycles. The Balaban J connectivity index is 1.64. The van der Waals surface area contributed by atoms with Crippen molar-refractivity contribution in [1.82, 2.24) is 15.3 Å². The van der Waals surface area contributed by atoms with Crippen molar-refractivity contribution in [2.45, 2.75) is 13.0 Å². The molecule has 8 nitrogen and oxygen atoms in total. The minimum absolute atomic E-state index is 0.130. The Bertz CT molecular complexity index is 1080. The molecule has 3 rings (SSSR count). The number of esters is 1. The smallest absolute Gasteiger partial charge is 0.328 e. The van der Waals surface area contributed by atoms with E-state index < -0.39 is 30.3 Å². The molecule has 0 spiro atoms. The molecule has 1 heterocycles. The van der Waals surface area contributed by atoms with Crippen molar-refractivity contribution in [2.24, 2.45) is 0 Å². The van der Waals surface area contributed by atoms with Gasteiger partial charge in [0.2, 0.25) is 0 Å². The number of hydrogen-bond acceptors (Lipinski definition) is 6. The zero-order valence-electron chi connectivity index (χ0n) is 15.5. The molecule has 3 N–H and O–H groups in total. The standard InChI is InChI=1S/C21H18N4O4/c1-13(23-20(27)14-7-3-2-4-8-14)21(28)29-12-18(26)15(11-22)19-24-16-9-5-6-10-17(16)25-19/h2-10,13,26H,12H2,1H3,(H,23,27)(H,24,25)/b18-15-/t13-/m0/s1. The molecule has 8 heteroatoms. The number of aromatic amines is 1. The lowest BCUT2D eigenvalue weighted by molar-refractivity contribution is -0.145. The van der Waals surface area contributed by atoms with Gasteiger partial charge in [-0.1, -0.05) is 30.3 Å². The van der Waals surface area contributed by atoms with Crippen LogP contribution >= 0.6 is 0 Å². The van der Waals surface area contributed by atoms with Crippen LogP contribution < -0.4 is 5.32 Å². The number of hydrogen-bond donors (Lipinski definition) is 3. The van der Waals surface area contributed by atoms with Crippen LogP contribution in [0.4, 0.5) is 0 Å². The molecule has 0 radical (unpaired) electrons. The van der Waals surface area contributed by atoms with Gasteiger partial charge < -0.3 is 20.1 Å². The van der Waals surface area contributed by atoms with Crippen molar-refractivity contribution >= 4 is 28.5 Å². The fraction of sp³-hybridized carbons (Fsp3) is 0.143. The summed E-state index contributed by atoms with van der Waals surface area (Å²) >= 11 is 0. The van der Waals surface area contributed by atoms with Gasteiger partial charge in [0.25, 0.3) is 5.91 Å². The highest BCUT2D eigenvalue weighted by Crippen LogP contribution is 2.18. The molecule has 0 fully saturated rings. The van der Waals surface area contributed by atoms with Crippen LogP contribution in [-0.4, -0.2) is 39.6 Å². The second-order valence-electron chi connectivity index (χ2n) is 6.20. The Morgan fingerprint density at radius 3 is 2.59 bits per heavy atom. The van der Waals surface area contributed by atoms with E-state index in [0.29, 0.717) is 16.6 Å². The van der Waals surface area contributed by atoms with E-state index in [0.717, 1.165) is 0 Å². The summed E-state index contributed by atoms with van der Waals surface area (Å²) in [5, 5.41) is 22.1. The first-order valence-corrected chi connectivity index (χ1v) is 8.79. The van der Waals surface area contributed by atoms with Gasteiger partial charge in [0.15, 0.2) is 11.6 Å². The number of nitriles is 1. The van der Waals surface area contributed by atoms with E-state index in [1.54, 1.807) is 48.5 Å². The van der Waals surface area contributed by atoms with Crippen molar-refractivity contribution in [1.29, 1.82) is 5.26 Å². The molecule has 1 amide bonds. The summed E-state index contributed by atoms with van der Waals surface area (Å²) in [5.74, 6) is -1.44. The lowest BCUT2D eigenvalue weighted by Crippen LogP contribution is -2.39. The van der Waals surface area contributed by atoms with E-state index in [2.05, 4.69) is 15.3 Å². The van der Waals surface area contributed by atoms with Crippen LogP contribution in [0.5, 0.6) is 0 Å². The molecule has 0 aliphatic rings. The van der Waals surface area contributed by atoms with Gasteiger partial charge in [-0.3, -0.25) is 4.79 Å². The average molecular weight is 390 g/mol. The Labute approximate surface area is 166 Å². The Kier molecular flexibility index (Phi) is 5.90. The molecular formula is C21H18N4O4. The number of rotatable bonds is 6. The lowest BCUT2D eigenvalue weighted by atomic mass is 10.2. The lowest BCUT2D eigenvalue weighted by Gasteiger charge is -2.13. The van der Waals surface area contributed by atoms with Gasteiger partial charge in [-0.05, 0) is 31.2 Å². The number of nitrogens with one attached hydrogen (secondary N) is 2. The van der Waals surface area contributed by atoms with Crippen LogP contribution in [-0.2, 0) is 9.53 Å². The van der Waals surface area contributed by atoms with Crippen LogP contribution in [0.15, 0.2) is 60.4 Å². The highest BCUT2D eigenvalue weighted by Gasteiger charge is 2.20. The third-order valence-electron chi connectivity index (χ3n) is 4.11. The number of amides is 1. The number of fused-ring (bicyclic) bond motifs is 1. The predicted molar refractivity (Wildman–Crippen MR) is 106 cm³/mol. The highest BCUT2D eigenvalue weighted by molar-refractivity contribution is 5.96. The van der Waals surface area contributed by atoms with E-state index in [1.807, 2.05) is 12.1 Å². The summed E-state index contributed by atoms with van der Waals surface area (Å²) < 4.78 is 5.03. The topological polar surface area (TPSA) is 128 Å². The molecule has 1 aromatic heterocycles. The molecule has 0 saturated heterocycles. The maximum atomic E-state index is 12.1. The monoisotopic (exact) mass is 390 g/mol. The number of para-hydroxylation sites is 2. The SMILES string of the molecule is C[C@H](NC(=O)c1ccccc1)C(=O)OC/C(O)=C(\C#N)c1nc2ccccc2[nH]1. The first-order chi connectivity index (χ1) is 14.0. The molecule has 29 heavy (non-hydrogen) atoms. The van der Waals surface area contributed by atoms with Crippen LogP contribution in [0.2, 0.25) is 0 Å². The Hall–Kier alpha value is -4.12. The van der Waals surface area contributed by atoms with E-state index in [1.165, 1.54) is 6.92 Å². The maximum absolute atomic E-state index is 12.1. The summed E-state index contributed by atoms with van der Waals surface area (Å²) in [6, 6.07) is 16.5. The molecule has 1 atom stereocenters. The largest absolute Gasteiger partial charge is 0.507 e. The summed E-state index contributed by atoms with van der Waals surface area (Å²) in [7, 11) is 0. The second-order valence-corrected chi connectivity index (χ2v) is 6.20. The number of allylic oxidation sites excluding steroid dienone is 1. The van der Waals surface area contributed by atoms with Crippen molar-refractivity contribution in [3.05, 3.63) is 71.7 Å². The number of aliphatic hydroxyl groups excluding tert-OH is 1.